The number of anilines is 1. The Kier molecular flexibility index (Phi) is 5.31. The second-order valence-electron chi connectivity index (χ2n) is 6.58. The molecule has 0 saturated heterocycles. The van der Waals surface area contributed by atoms with Gasteiger partial charge in [-0.15, -0.1) is 16.8 Å². The van der Waals surface area contributed by atoms with Crippen molar-refractivity contribution < 1.29 is 9.53 Å². The molecule has 0 aliphatic carbocycles. The van der Waals surface area contributed by atoms with Crippen LogP contribution in [0.3, 0.4) is 0 Å². The molecule has 2 aromatic carbocycles. The van der Waals surface area contributed by atoms with Crippen molar-refractivity contribution in [1.29, 1.82) is 0 Å². The van der Waals surface area contributed by atoms with E-state index in [0.29, 0.717) is 22.5 Å². The van der Waals surface area contributed by atoms with E-state index in [-0.39, 0.29) is 5.91 Å². The van der Waals surface area contributed by atoms with Crippen LogP contribution in [0.15, 0.2) is 66.3 Å². The summed E-state index contributed by atoms with van der Waals surface area (Å²) >= 11 is 1.43. The molecule has 7 heteroatoms. The molecule has 146 valence electrons. The molecule has 6 nitrogen and oxygen atoms in total. The molecular formula is C22H20N4O2S. The van der Waals surface area contributed by atoms with Crippen LogP contribution in [0, 0.1) is 6.92 Å². The van der Waals surface area contributed by atoms with Crippen molar-refractivity contribution in [3.8, 4) is 17.1 Å². The summed E-state index contributed by atoms with van der Waals surface area (Å²) in [5, 5.41) is 9.11. The van der Waals surface area contributed by atoms with Gasteiger partial charge in [-0.1, -0.05) is 60.3 Å². The number of hydrogen-bond acceptors (Lipinski definition) is 6. The highest BCUT2D eigenvalue weighted by molar-refractivity contribution is 7.99. The maximum atomic E-state index is 12.7. The van der Waals surface area contributed by atoms with E-state index in [1.807, 2.05) is 55.5 Å². The lowest BCUT2D eigenvalue weighted by Crippen LogP contribution is -2.36. The van der Waals surface area contributed by atoms with E-state index >= 15 is 0 Å². The minimum atomic E-state index is -0.662. The van der Waals surface area contributed by atoms with Crippen molar-refractivity contribution in [3.63, 3.8) is 0 Å². The van der Waals surface area contributed by atoms with E-state index in [1.165, 1.54) is 18.7 Å². The van der Waals surface area contributed by atoms with E-state index in [1.54, 1.807) is 11.0 Å². The molecule has 4 rings (SSSR count). The number of amides is 1. The second kappa shape index (κ2) is 8.05. The fraction of sp³-hybridized carbons (Fsp3) is 0.182. The SMILES string of the molecule is C=CCSc1nnc2c(n1)O[C@@H](c1ccccc1C)N(C(C)=O)c1ccccc1-2. The first-order valence-corrected chi connectivity index (χ1v) is 10.2. The predicted octanol–water partition coefficient (Wildman–Crippen LogP) is 4.57. The maximum Gasteiger partial charge on any atom is 0.247 e. The van der Waals surface area contributed by atoms with Crippen molar-refractivity contribution in [1.82, 2.24) is 15.2 Å². The third kappa shape index (κ3) is 3.61. The van der Waals surface area contributed by atoms with Crippen molar-refractivity contribution in [2.45, 2.75) is 25.2 Å². The Morgan fingerprint density at radius 2 is 1.97 bits per heavy atom. The van der Waals surface area contributed by atoms with Gasteiger partial charge in [0.2, 0.25) is 23.2 Å². The summed E-state index contributed by atoms with van der Waals surface area (Å²) in [6.45, 7) is 7.26. The minimum Gasteiger partial charge on any atom is -0.447 e. The average molecular weight is 404 g/mol. The molecule has 1 amide bonds. The van der Waals surface area contributed by atoms with Crippen LogP contribution in [0.1, 0.15) is 24.3 Å². The van der Waals surface area contributed by atoms with Gasteiger partial charge < -0.3 is 4.74 Å². The van der Waals surface area contributed by atoms with Gasteiger partial charge >= 0.3 is 0 Å². The Hall–Kier alpha value is -3.19. The van der Waals surface area contributed by atoms with Crippen LogP contribution in [0.5, 0.6) is 5.88 Å². The van der Waals surface area contributed by atoms with Gasteiger partial charge in [0.15, 0.2) is 5.69 Å². The second-order valence-corrected chi connectivity index (χ2v) is 7.57. The number of aryl methyl sites for hydroxylation is 1. The van der Waals surface area contributed by atoms with E-state index < -0.39 is 6.23 Å². The summed E-state index contributed by atoms with van der Waals surface area (Å²) in [5.74, 6) is 0.890. The Labute approximate surface area is 173 Å². The van der Waals surface area contributed by atoms with Gasteiger partial charge in [-0.05, 0) is 18.6 Å². The lowest BCUT2D eigenvalue weighted by atomic mass is 10.0. The summed E-state index contributed by atoms with van der Waals surface area (Å²) < 4.78 is 6.35. The average Bonchev–Trinajstić information content (AvgIpc) is 2.86. The van der Waals surface area contributed by atoms with Crippen LogP contribution in [0.2, 0.25) is 0 Å². The number of rotatable bonds is 4. The smallest absolute Gasteiger partial charge is 0.247 e. The van der Waals surface area contributed by atoms with Crippen molar-refractivity contribution in [3.05, 3.63) is 72.3 Å². The number of hydrogen-bond donors (Lipinski definition) is 0. The van der Waals surface area contributed by atoms with Crippen LogP contribution in [-0.2, 0) is 4.79 Å². The molecule has 1 aliphatic rings. The molecular weight excluding hydrogens is 384 g/mol. The summed E-state index contributed by atoms with van der Waals surface area (Å²) in [5.41, 5.74) is 3.91. The van der Waals surface area contributed by atoms with Gasteiger partial charge in [0, 0.05) is 23.8 Å². The van der Waals surface area contributed by atoms with Gasteiger partial charge in [-0.3, -0.25) is 9.69 Å². The van der Waals surface area contributed by atoms with Gasteiger partial charge in [-0.2, -0.15) is 4.98 Å². The molecule has 1 atom stereocenters. The summed E-state index contributed by atoms with van der Waals surface area (Å²) in [6, 6.07) is 15.4. The molecule has 29 heavy (non-hydrogen) atoms. The Morgan fingerprint density at radius 3 is 2.72 bits per heavy atom. The van der Waals surface area contributed by atoms with Gasteiger partial charge in [0.05, 0.1) is 5.69 Å². The number of carbonyl (C=O) groups excluding carboxylic acids is 1. The largest absolute Gasteiger partial charge is 0.447 e. The van der Waals surface area contributed by atoms with E-state index in [9.17, 15) is 4.79 Å². The molecule has 0 fully saturated rings. The number of nitrogens with zero attached hydrogens (tertiary/aromatic N) is 4. The van der Waals surface area contributed by atoms with E-state index in [4.69, 9.17) is 4.74 Å². The summed E-state index contributed by atoms with van der Waals surface area (Å²) in [6.07, 6.45) is 1.12. The topological polar surface area (TPSA) is 68.2 Å². The number of fused-ring (bicyclic) bond motifs is 3. The van der Waals surface area contributed by atoms with Crippen LogP contribution in [0.25, 0.3) is 11.3 Å². The predicted molar refractivity (Wildman–Crippen MR) is 114 cm³/mol. The van der Waals surface area contributed by atoms with Crippen molar-refractivity contribution in [2.24, 2.45) is 0 Å². The molecule has 0 bridgehead atoms. The first-order valence-electron chi connectivity index (χ1n) is 9.20. The summed E-state index contributed by atoms with van der Waals surface area (Å²) in [7, 11) is 0. The molecule has 0 N–H and O–H groups in total. The first kappa shape index (κ1) is 19.1. The fourth-order valence-electron chi connectivity index (χ4n) is 3.31. The number of thioether (sulfide) groups is 1. The molecule has 2 heterocycles. The van der Waals surface area contributed by atoms with Crippen molar-refractivity contribution >= 4 is 23.4 Å². The quantitative estimate of drug-likeness (QED) is 0.469. The molecule has 0 unspecified atom stereocenters. The van der Waals surface area contributed by atoms with Crippen LogP contribution in [-0.4, -0.2) is 26.8 Å². The zero-order valence-corrected chi connectivity index (χ0v) is 17.0. The maximum absolute atomic E-state index is 12.7. The molecule has 3 aromatic rings. The Morgan fingerprint density at radius 1 is 1.21 bits per heavy atom. The first-order chi connectivity index (χ1) is 14.1. The van der Waals surface area contributed by atoms with Crippen LogP contribution in [0.4, 0.5) is 5.69 Å². The molecule has 0 radical (unpaired) electrons. The number of carbonyl (C=O) groups is 1. The van der Waals surface area contributed by atoms with Gasteiger partial charge in [-0.25, -0.2) is 0 Å². The number of benzene rings is 2. The van der Waals surface area contributed by atoms with Crippen LogP contribution < -0.4 is 9.64 Å². The zero-order chi connectivity index (χ0) is 20.4. The third-order valence-electron chi connectivity index (χ3n) is 4.64. The van der Waals surface area contributed by atoms with E-state index in [0.717, 1.165) is 22.4 Å². The highest BCUT2D eigenvalue weighted by Gasteiger charge is 2.35. The third-order valence-corrected chi connectivity index (χ3v) is 5.47. The number of ether oxygens (including phenoxy) is 1. The molecule has 1 aliphatic heterocycles. The normalized spacial score (nSPS) is 15.0. The lowest BCUT2D eigenvalue weighted by Gasteiger charge is -2.30. The number of para-hydroxylation sites is 1. The van der Waals surface area contributed by atoms with Crippen LogP contribution >= 0.6 is 11.8 Å². The van der Waals surface area contributed by atoms with Crippen molar-refractivity contribution in [2.75, 3.05) is 10.7 Å². The van der Waals surface area contributed by atoms with Gasteiger partial charge in [0.25, 0.3) is 0 Å². The highest BCUT2D eigenvalue weighted by Crippen LogP contribution is 2.43. The van der Waals surface area contributed by atoms with E-state index in [2.05, 4.69) is 21.8 Å². The molecule has 0 spiro atoms. The lowest BCUT2D eigenvalue weighted by molar-refractivity contribution is -0.118. The minimum absolute atomic E-state index is 0.132. The Bertz CT molecular complexity index is 1090. The zero-order valence-electron chi connectivity index (χ0n) is 16.2. The van der Waals surface area contributed by atoms with Gasteiger partial charge in [0.1, 0.15) is 0 Å². The molecule has 1 aromatic heterocycles. The summed E-state index contributed by atoms with van der Waals surface area (Å²) in [4.78, 5) is 19.0. The Balaban J connectivity index is 1.93. The number of aromatic nitrogens is 3. The standard InChI is InChI=1S/C22H20N4O2S/c1-4-13-29-22-23-20-19(24-25-22)17-11-7-8-12-18(17)26(15(3)27)21(28-20)16-10-6-5-9-14(16)2/h4-12,21H,1,13H2,2-3H3/t21-/m0/s1. The fourth-order valence-corrected chi connectivity index (χ4v) is 3.83. The monoisotopic (exact) mass is 404 g/mol. The highest BCUT2D eigenvalue weighted by atomic mass is 32.2. The molecule has 0 saturated carbocycles.